The minimum atomic E-state index is 0.241. The van der Waals surface area contributed by atoms with Gasteiger partial charge in [0.2, 0.25) is 0 Å². The first-order chi connectivity index (χ1) is 13.8. The minimum Gasteiger partial charge on any atom is -0.489 e. The molecule has 28 heavy (non-hydrogen) atoms. The molecule has 1 aliphatic rings. The maximum absolute atomic E-state index is 6.32. The quantitative estimate of drug-likeness (QED) is 0.637. The second-order valence-electron chi connectivity index (χ2n) is 7.30. The minimum absolute atomic E-state index is 0.241. The molecule has 1 N–H and O–H groups in total. The summed E-state index contributed by atoms with van der Waals surface area (Å²) in [5, 5.41) is 3.53. The molecular weight excluding hydrogens is 364 g/mol. The van der Waals surface area contributed by atoms with Gasteiger partial charge in [-0.15, -0.1) is 11.3 Å². The van der Waals surface area contributed by atoms with Crippen LogP contribution in [0.3, 0.4) is 0 Å². The molecule has 1 aromatic heterocycles. The van der Waals surface area contributed by atoms with Crippen molar-refractivity contribution in [3.8, 4) is 5.75 Å². The average molecular weight is 393 g/mol. The van der Waals surface area contributed by atoms with Crippen LogP contribution in [0.15, 0.2) is 66.7 Å². The van der Waals surface area contributed by atoms with Gasteiger partial charge in [0.15, 0.2) is 0 Å². The Morgan fingerprint density at radius 2 is 1.79 bits per heavy atom. The van der Waals surface area contributed by atoms with Gasteiger partial charge >= 0.3 is 0 Å². The molecule has 3 nitrogen and oxygen atoms in total. The normalized spacial score (nSPS) is 16.5. The van der Waals surface area contributed by atoms with Crippen LogP contribution >= 0.6 is 11.3 Å². The Bertz CT molecular complexity index is 869. The van der Waals surface area contributed by atoms with Gasteiger partial charge in [-0.1, -0.05) is 48.5 Å². The lowest BCUT2D eigenvalue weighted by molar-refractivity contribution is 0.232. The van der Waals surface area contributed by atoms with E-state index in [2.05, 4.69) is 77.8 Å². The smallest absolute Gasteiger partial charge is 0.124 e. The van der Waals surface area contributed by atoms with Crippen LogP contribution in [0.5, 0.6) is 5.75 Å². The molecule has 146 valence electrons. The summed E-state index contributed by atoms with van der Waals surface area (Å²) in [6.07, 6.45) is 1.17. The Kier molecular flexibility index (Phi) is 6.42. The fraction of sp³-hybridized carbons (Fsp3) is 0.333. The first-order valence-corrected chi connectivity index (χ1v) is 10.9. The highest BCUT2D eigenvalue weighted by atomic mass is 32.1. The highest BCUT2D eigenvalue weighted by molar-refractivity contribution is 7.12. The number of hydrogen-bond acceptors (Lipinski definition) is 4. The van der Waals surface area contributed by atoms with Gasteiger partial charge in [0.25, 0.3) is 0 Å². The number of nitrogens with one attached hydrogen (secondary N) is 1. The Balaban J connectivity index is 1.65. The van der Waals surface area contributed by atoms with Crippen LogP contribution in [0.1, 0.15) is 33.3 Å². The van der Waals surface area contributed by atoms with Crippen LogP contribution in [0.25, 0.3) is 0 Å². The van der Waals surface area contributed by atoms with Gasteiger partial charge in [0.1, 0.15) is 12.4 Å². The summed E-state index contributed by atoms with van der Waals surface area (Å²) in [6, 6.07) is 23.7. The van der Waals surface area contributed by atoms with Crippen LogP contribution in [0.2, 0.25) is 0 Å². The number of hydrogen-bond donors (Lipinski definition) is 1. The standard InChI is InChI=1S/C24H28N2OS/c1-19-12-13-23(28-19)24(26-16-7-14-25-15-17-26)21-10-5-6-11-22(21)27-18-20-8-3-2-4-9-20/h2-6,8-13,24-25H,7,14-18H2,1H3. The Labute approximate surface area is 172 Å². The van der Waals surface area contributed by atoms with Crippen LogP contribution < -0.4 is 10.1 Å². The van der Waals surface area contributed by atoms with Gasteiger partial charge in [-0.25, -0.2) is 0 Å². The maximum atomic E-state index is 6.32. The molecule has 1 unspecified atom stereocenters. The van der Waals surface area contributed by atoms with Crippen LogP contribution in [-0.4, -0.2) is 31.1 Å². The molecule has 0 amide bonds. The SMILES string of the molecule is Cc1ccc(C(c2ccccc2OCc2ccccc2)N2CCCNCC2)s1. The van der Waals surface area contributed by atoms with Crippen LogP contribution in [0.4, 0.5) is 0 Å². The Morgan fingerprint density at radius 3 is 2.61 bits per heavy atom. The van der Waals surface area contributed by atoms with Crippen molar-refractivity contribution in [2.24, 2.45) is 0 Å². The third-order valence-electron chi connectivity index (χ3n) is 5.22. The molecule has 0 saturated carbocycles. The van der Waals surface area contributed by atoms with Crippen molar-refractivity contribution < 1.29 is 4.74 Å². The zero-order valence-electron chi connectivity index (χ0n) is 16.4. The topological polar surface area (TPSA) is 24.5 Å². The highest BCUT2D eigenvalue weighted by Gasteiger charge is 2.27. The van der Waals surface area contributed by atoms with Gasteiger partial charge in [-0.2, -0.15) is 0 Å². The summed E-state index contributed by atoms with van der Waals surface area (Å²) in [7, 11) is 0. The molecule has 4 rings (SSSR count). The molecule has 2 heterocycles. The van der Waals surface area contributed by atoms with Gasteiger partial charge in [-0.3, -0.25) is 4.90 Å². The lowest BCUT2D eigenvalue weighted by atomic mass is 10.0. The van der Waals surface area contributed by atoms with Crippen molar-refractivity contribution in [2.45, 2.75) is 26.0 Å². The summed E-state index contributed by atoms with van der Waals surface area (Å²) in [5.41, 5.74) is 2.46. The second kappa shape index (κ2) is 9.37. The molecule has 1 atom stereocenters. The van der Waals surface area contributed by atoms with Crippen molar-refractivity contribution in [2.75, 3.05) is 26.2 Å². The van der Waals surface area contributed by atoms with E-state index in [0.717, 1.165) is 31.9 Å². The van der Waals surface area contributed by atoms with E-state index in [1.165, 1.54) is 27.3 Å². The lowest BCUT2D eigenvalue weighted by Crippen LogP contribution is -2.32. The van der Waals surface area contributed by atoms with Gasteiger partial charge in [0, 0.05) is 35.0 Å². The highest BCUT2D eigenvalue weighted by Crippen LogP contribution is 2.38. The third kappa shape index (κ3) is 4.64. The van der Waals surface area contributed by atoms with Crippen molar-refractivity contribution in [1.29, 1.82) is 0 Å². The summed E-state index contributed by atoms with van der Waals surface area (Å²) in [4.78, 5) is 5.36. The first-order valence-electron chi connectivity index (χ1n) is 10.1. The van der Waals surface area contributed by atoms with E-state index in [4.69, 9.17) is 4.74 Å². The van der Waals surface area contributed by atoms with E-state index in [1.54, 1.807) is 0 Å². The van der Waals surface area contributed by atoms with Gasteiger partial charge in [0.05, 0.1) is 6.04 Å². The van der Waals surface area contributed by atoms with E-state index in [-0.39, 0.29) is 6.04 Å². The first kappa shape index (κ1) is 19.2. The van der Waals surface area contributed by atoms with Crippen molar-refractivity contribution in [1.82, 2.24) is 10.2 Å². The summed E-state index contributed by atoms with van der Waals surface area (Å²) in [5.74, 6) is 0.986. The van der Waals surface area contributed by atoms with Gasteiger partial charge in [-0.05, 0) is 43.7 Å². The maximum Gasteiger partial charge on any atom is 0.124 e. The molecule has 1 aliphatic heterocycles. The Hall–Kier alpha value is -2.14. The van der Waals surface area contributed by atoms with E-state index in [9.17, 15) is 0 Å². The van der Waals surface area contributed by atoms with Gasteiger partial charge < -0.3 is 10.1 Å². The van der Waals surface area contributed by atoms with E-state index < -0.39 is 0 Å². The molecule has 0 spiro atoms. The van der Waals surface area contributed by atoms with Crippen LogP contribution in [0, 0.1) is 6.92 Å². The number of ether oxygens (including phenoxy) is 1. The number of thiophene rings is 1. The predicted octanol–water partition coefficient (Wildman–Crippen LogP) is 5.02. The van der Waals surface area contributed by atoms with Crippen molar-refractivity contribution >= 4 is 11.3 Å². The van der Waals surface area contributed by atoms with Crippen LogP contribution in [-0.2, 0) is 6.61 Å². The zero-order valence-corrected chi connectivity index (χ0v) is 17.3. The summed E-state index contributed by atoms with van der Waals surface area (Å²) in [6.45, 7) is 7.06. The molecule has 2 aromatic carbocycles. The van der Waals surface area contributed by atoms with Crippen molar-refractivity contribution in [3.05, 3.63) is 87.6 Å². The molecule has 1 saturated heterocycles. The molecule has 0 bridgehead atoms. The lowest BCUT2D eigenvalue weighted by Gasteiger charge is -2.31. The van der Waals surface area contributed by atoms with E-state index in [0.29, 0.717) is 6.61 Å². The molecule has 4 heteroatoms. The molecule has 3 aromatic rings. The zero-order chi connectivity index (χ0) is 19.2. The molecule has 1 fully saturated rings. The largest absolute Gasteiger partial charge is 0.489 e. The third-order valence-corrected chi connectivity index (χ3v) is 6.27. The number of aryl methyl sites for hydroxylation is 1. The summed E-state index contributed by atoms with van der Waals surface area (Å²) >= 11 is 1.90. The molecule has 0 radical (unpaired) electrons. The van der Waals surface area contributed by atoms with E-state index >= 15 is 0 Å². The number of benzene rings is 2. The average Bonchev–Trinajstić information content (AvgIpc) is 2.98. The monoisotopic (exact) mass is 392 g/mol. The van der Waals surface area contributed by atoms with E-state index in [1.807, 2.05) is 17.4 Å². The molecular formula is C24H28N2OS. The summed E-state index contributed by atoms with van der Waals surface area (Å²) < 4.78 is 6.32. The fourth-order valence-corrected chi connectivity index (χ4v) is 4.86. The fourth-order valence-electron chi connectivity index (χ4n) is 3.83. The Morgan fingerprint density at radius 1 is 0.964 bits per heavy atom. The predicted molar refractivity (Wildman–Crippen MR) is 117 cm³/mol. The second-order valence-corrected chi connectivity index (χ2v) is 8.62. The number of rotatable bonds is 6. The molecule has 0 aliphatic carbocycles. The van der Waals surface area contributed by atoms with Crippen molar-refractivity contribution in [3.63, 3.8) is 0 Å². The number of nitrogens with zero attached hydrogens (tertiary/aromatic N) is 1. The number of para-hydroxylation sites is 1.